The highest BCUT2D eigenvalue weighted by atomic mass is 31.1. The largest absolute Gasteiger partial charge is 0.289 e. The van der Waals surface area contributed by atoms with Gasteiger partial charge in [-0.1, -0.05) is 148 Å². The zero-order valence-corrected chi connectivity index (χ0v) is 27.8. The van der Waals surface area contributed by atoms with Crippen molar-refractivity contribution in [1.29, 1.82) is 0 Å². The fourth-order valence-electron chi connectivity index (χ4n) is 6.71. The van der Waals surface area contributed by atoms with E-state index < -0.39 is 15.8 Å². The summed E-state index contributed by atoms with van der Waals surface area (Å²) in [6.07, 6.45) is 19.6. The highest BCUT2D eigenvalue weighted by Crippen LogP contribution is 2.42. The lowest BCUT2D eigenvalue weighted by molar-refractivity contribution is 0.444. The molecule has 4 aromatic carbocycles. The van der Waals surface area contributed by atoms with Crippen molar-refractivity contribution in [1.82, 2.24) is 0 Å². The average molecular weight is 617 g/mol. The van der Waals surface area contributed by atoms with Crippen LogP contribution in [0.4, 0.5) is 0 Å². The zero-order chi connectivity index (χ0) is 29.8. The third-order valence-corrected chi connectivity index (χ3v) is 14.7. The van der Waals surface area contributed by atoms with Crippen LogP contribution in [0.1, 0.15) is 75.3 Å². The number of hydrogen-bond acceptors (Lipinski definition) is 2. The van der Waals surface area contributed by atoms with Crippen molar-refractivity contribution in [2.45, 2.75) is 76.3 Å². The van der Waals surface area contributed by atoms with E-state index in [9.17, 15) is 0 Å². The van der Waals surface area contributed by atoms with Crippen LogP contribution < -0.4 is 21.2 Å². The smallest absolute Gasteiger partial charge is 0.0499 e. The molecule has 2 saturated carbocycles. The molecule has 0 bridgehead atoms. The van der Waals surface area contributed by atoms with Crippen molar-refractivity contribution >= 4 is 49.5 Å². The van der Waals surface area contributed by atoms with Gasteiger partial charge < -0.3 is 0 Å². The van der Waals surface area contributed by atoms with Crippen molar-refractivity contribution in [3.8, 4) is 0 Å². The quantitative estimate of drug-likeness (QED) is 0.119. The summed E-state index contributed by atoms with van der Waals surface area (Å²) in [5, 5.41) is 5.83. The first-order valence-corrected chi connectivity index (χ1v) is 19.8. The molecule has 0 heterocycles. The summed E-state index contributed by atoms with van der Waals surface area (Å²) in [6.45, 7) is 0. The molecule has 2 aliphatic carbocycles. The van der Waals surface area contributed by atoms with Gasteiger partial charge in [0.1, 0.15) is 0 Å². The lowest BCUT2D eigenvalue weighted by atomic mass is 9.96. The highest BCUT2D eigenvalue weighted by Gasteiger charge is 2.23. The van der Waals surface area contributed by atoms with Crippen molar-refractivity contribution in [2.24, 2.45) is 9.98 Å². The number of rotatable bonds is 11. The van der Waals surface area contributed by atoms with Crippen molar-refractivity contribution in [3.05, 3.63) is 120 Å². The van der Waals surface area contributed by atoms with Gasteiger partial charge in [-0.2, -0.15) is 0 Å². The van der Waals surface area contributed by atoms with Crippen LogP contribution in [0.15, 0.2) is 119 Å². The van der Waals surface area contributed by atoms with E-state index in [-0.39, 0.29) is 0 Å². The third-order valence-electron chi connectivity index (χ3n) is 9.14. The first kappa shape index (κ1) is 31.1. The fourth-order valence-corrected chi connectivity index (χ4v) is 12.3. The van der Waals surface area contributed by atoms with Gasteiger partial charge in [0.2, 0.25) is 0 Å². The Kier molecular flexibility index (Phi) is 11.6. The maximum atomic E-state index is 5.13. The summed E-state index contributed by atoms with van der Waals surface area (Å²) in [7, 11) is -1.10. The SMILES string of the molecule is C(=NC1CCCCC1)c1ccccc1P(CCP(c1ccccc1)c1ccccc1C=NC1CCCCC1)c1ccccc1. The molecule has 4 aromatic rings. The Balaban J connectivity index is 1.32. The van der Waals surface area contributed by atoms with Gasteiger partial charge in [-0.3, -0.25) is 9.98 Å². The normalized spacial score (nSPS) is 18.1. The molecule has 0 aromatic heterocycles. The van der Waals surface area contributed by atoms with Crippen LogP contribution >= 0.6 is 15.8 Å². The molecule has 2 aliphatic rings. The summed E-state index contributed by atoms with van der Waals surface area (Å²) in [6, 6.07) is 41.6. The van der Waals surface area contributed by atoms with Crippen LogP contribution in [0.25, 0.3) is 0 Å². The molecule has 0 saturated heterocycles. The van der Waals surface area contributed by atoms with Gasteiger partial charge in [-0.05, 0) is 75.1 Å². The van der Waals surface area contributed by atoms with Gasteiger partial charge in [0.25, 0.3) is 0 Å². The van der Waals surface area contributed by atoms with Crippen molar-refractivity contribution in [3.63, 3.8) is 0 Å². The lowest BCUT2D eigenvalue weighted by Crippen LogP contribution is -2.23. The minimum absolute atomic E-state index is 0.484. The van der Waals surface area contributed by atoms with E-state index in [1.54, 1.807) is 0 Å². The van der Waals surface area contributed by atoms with Crippen LogP contribution in [0, 0.1) is 0 Å². The molecule has 4 heteroatoms. The number of aliphatic imine (C=N–C) groups is 2. The maximum Gasteiger partial charge on any atom is 0.0499 e. The van der Waals surface area contributed by atoms with E-state index in [0.29, 0.717) is 12.1 Å². The summed E-state index contributed by atoms with van der Waals surface area (Å²) >= 11 is 0. The molecule has 6 rings (SSSR count). The number of benzene rings is 4. The molecule has 2 fully saturated rings. The van der Waals surface area contributed by atoms with Gasteiger partial charge in [0.15, 0.2) is 0 Å². The molecule has 2 nitrogen and oxygen atoms in total. The number of hydrogen-bond donors (Lipinski definition) is 0. The summed E-state index contributed by atoms with van der Waals surface area (Å²) in [5.41, 5.74) is 2.61. The summed E-state index contributed by atoms with van der Waals surface area (Å²) in [4.78, 5) is 10.3. The van der Waals surface area contributed by atoms with E-state index in [1.807, 2.05) is 0 Å². The Morgan fingerprint density at radius 3 is 1.23 bits per heavy atom. The van der Waals surface area contributed by atoms with E-state index in [1.165, 1.54) is 96.6 Å². The summed E-state index contributed by atoms with van der Waals surface area (Å²) in [5.74, 6) is 0. The molecular formula is C40H46N2P2. The second-order valence-electron chi connectivity index (χ2n) is 12.2. The minimum atomic E-state index is -0.550. The van der Waals surface area contributed by atoms with Gasteiger partial charge in [0, 0.05) is 35.6 Å². The van der Waals surface area contributed by atoms with Crippen LogP contribution in [0.2, 0.25) is 0 Å². The zero-order valence-electron chi connectivity index (χ0n) is 26.0. The van der Waals surface area contributed by atoms with Crippen LogP contribution in [-0.4, -0.2) is 36.8 Å². The lowest BCUT2D eigenvalue weighted by Gasteiger charge is -2.26. The topological polar surface area (TPSA) is 24.7 Å². The van der Waals surface area contributed by atoms with Crippen molar-refractivity contribution < 1.29 is 0 Å². The van der Waals surface area contributed by atoms with Gasteiger partial charge >= 0.3 is 0 Å². The second-order valence-corrected chi connectivity index (χ2v) is 16.8. The highest BCUT2D eigenvalue weighted by molar-refractivity contribution is 7.76. The average Bonchev–Trinajstić information content (AvgIpc) is 3.10. The molecule has 0 N–H and O–H groups in total. The molecule has 0 spiro atoms. The van der Waals surface area contributed by atoms with Crippen LogP contribution in [0.5, 0.6) is 0 Å². The molecule has 44 heavy (non-hydrogen) atoms. The van der Waals surface area contributed by atoms with Gasteiger partial charge in [-0.15, -0.1) is 0 Å². The van der Waals surface area contributed by atoms with Crippen molar-refractivity contribution in [2.75, 3.05) is 12.3 Å². The summed E-state index contributed by atoms with van der Waals surface area (Å²) < 4.78 is 0. The number of nitrogens with zero attached hydrogens (tertiary/aromatic N) is 2. The Morgan fingerprint density at radius 2 is 0.818 bits per heavy atom. The Labute approximate surface area is 267 Å². The second kappa shape index (κ2) is 16.4. The standard InChI is InChI=1S/C40H46N2P2/c1-5-19-35(20-6-1)41-31-33-17-13-15-27-39(33)43(37-23-9-3-10-24-37)29-30-44(38-25-11-4-12-26-38)40-28-16-14-18-34(40)32-42-36-21-7-2-8-22-36/h3-4,9-18,23-28,31-32,35-36H,1-2,5-8,19-22,29-30H2. The monoisotopic (exact) mass is 616 g/mol. The van der Waals surface area contributed by atoms with E-state index in [2.05, 4.69) is 122 Å². The first-order chi connectivity index (χ1) is 21.8. The van der Waals surface area contributed by atoms with E-state index in [4.69, 9.17) is 9.98 Å². The molecule has 2 atom stereocenters. The minimum Gasteiger partial charge on any atom is -0.289 e. The Hall–Kier alpha value is -2.92. The van der Waals surface area contributed by atoms with E-state index >= 15 is 0 Å². The van der Waals surface area contributed by atoms with Gasteiger partial charge in [-0.25, -0.2) is 0 Å². The molecule has 0 aliphatic heterocycles. The van der Waals surface area contributed by atoms with Crippen LogP contribution in [-0.2, 0) is 0 Å². The maximum absolute atomic E-state index is 5.13. The molecule has 0 amide bonds. The predicted molar refractivity (Wildman–Crippen MR) is 197 cm³/mol. The molecule has 226 valence electrons. The predicted octanol–water partition coefficient (Wildman–Crippen LogP) is 8.76. The molecular weight excluding hydrogens is 570 g/mol. The van der Waals surface area contributed by atoms with Gasteiger partial charge in [0.05, 0.1) is 0 Å². The Morgan fingerprint density at radius 1 is 0.455 bits per heavy atom. The first-order valence-electron chi connectivity index (χ1n) is 16.7. The van der Waals surface area contributed by atoms with Crippen LogP contribution in [0.3, 0.4) is 0 Å². The third kappa shape index (κ3) is 8.41. The van der Waals surface area contributed by atoms with E-state index in [0.717, 1.165) is 12.3 Å². The molecule has 0 radical (unpaired) electrons. The fraction of sp³-hybridized carbons (Fsp3) is 0.350. The molecule has 2 unspecified atom stereocenters. The Bertz CT molecular complexity index is 1370.